The fourth-order valence-electron chi connectivity index (χ4n) is 3.44. The molecule has 22 heavy (non-hydrogen) atoms. The molecular weight excluding hydrogens is 272 g/mol. The highest BCUT2D eigenvalue weighted by molar-refractivity contribution is 5.82. The molecule has 0 atom stereocenters. The van der Waals surface area contributed by atoms with Crippen molar-refractivity contribution < 1.29 is 0 Å². The summed E-state index contributed by atoms with van der Waals surface area (Å²) in [6.45, 7) is 4.49. The zero-order valence-corrected chi connectivity index (χ0v) is 14.1. The molecule has 1 aliphatic heterocycles. The summed E-state index contributed by atoms with van der Waals surface area (Å²) in [6, 6.07) is 8.74. The number of hydrogen-bond acceptors (Lipinski definition) is 3. The number of aromatic nitrogens is 2. The summed E-state index contributed by atoms with van der Waals surface area (Å²) in [4.78, 5) is 4.66. The van der Waals surface area contributed by atoms with E-state index in [-0.39, 0.29) is 0 Å². The zero-order valence-electron chi connectivity index (χ0n) is 14.1. The summed E-state index contributed by atoms with van der Waals surface area (Å²) in [6.07, 6.45) is 3.61. The number of rotatable bonds is 5. The number of piperidine rings is 1. The van der Waals surface area contributed by atoms with Crippen molar-refractivity contribution in [1.29, 1.82) is 0 Å². The summed E-state index contributed by atoms with van der Waals surface area (Å²) in [5, 5.41) is 6.38. The Bertz CT molecular complexity index is 609. The van der Waals surface area contributed by atoms with E-state index in [1.165, 1.54) is 42.5 Å². The number of benzene rings is 1. The molecule has 0 spiro atoms. The summed E-state index contributed by atoms with van der Waals surface area (Å²) < 4.78 is 2.23. The standard InChI is InChI=1S/C18H28N4/c1-20(2)11-6-12-22-17-8-5-4-7-16(17)18(19-22)15-9-13-21(3)14-10-15/h4-5,7-8,15H,6,9-14H2,1-3H3. The Morgan fingerprint density at radius 3 is 2.64 bits per heavy atom. The third kappa shape index (κ3) is 3.33. The average molecular weight is 300 g/mol. The van der Waals surface area contributed by atoms with Crippen LogP contribution in [-0.2, 0) is 6.54 Å². The molecule has 2 aromatic rings. The van der Waals surface area contributed by atoms with Crippen molar-refractivity contribution >= 4 is 10.9 Å². The lowest BCUT2D eigenvalue weighted by atomic mass is 9.92. The fraction of sp³-hybridized carbons (Fsp3) is 0.611. The van der Waals surface area contributed by atoms with Crippen molar-refractivity contribution in [2.24, 2.45) is 0 Å². The first-order valence-corrected chi connectivity index (χ1v) is 8.44. The molecule has 120 valence electrons. The zero-order chi connectivity index (χ0) is 15.5. The molecule has 0 aliphatic carbocycles. The molecule has 0 unspecified atom stereocenters. The van der Waals surface area contributed by atoms with Crippen LogP contribution >= 0.6 is 0 Å². The highest BCUT2D eigenvalue weighted by atomic mass is 15.3. The summed E-state index contributed by atoms with van der Waals surface area (Å²) in [7, 11) is 6.48. The molecule has 1 aliphatic rings. The van der Waals surface area contributed by atoms with Gasteiger partial charge in [0.2, 0.25) is 0 Å². The monoisotopic (exact) mass is 300 g/mol. The van der Waals surface area contributed by atoms with E-state index < -0.39 is 0 Å². The van der Waals surface area contributed by atoms with E-state index in [0.717, 1.165) is 19.5 Å². The van der Waals surface area contributed by atoms with Gasteiger partial charge >= 0.3 is 0 Å². The normalized spacial score (nSPS) is 17.6. The Labute approximate surface area is 133 Å². The van der Waals surface area contributed by atoms with Gasteiger partial charge in [0.15, 0.2) is 0 Å². The molecule has 0 bridgehead atoms. The van der Waals surface area contributed by atoms with Gasteiger partial charge < -0.3 is 9.80 Å². The van der Waals surface area contributed by atoms with Crippen LogP contribution in [0.3, 0.4) is 0 Å². The van der Waals surface area contributed by atoms with E-state index in [9.17, 15) is 0 Å². The van der Waals surface area contributed by atoms with Crippen LogP contribution in [0, 0.1) is 0 Å². The van der Waals surface area contributed by atoms with Gasteiger partial charge in [-0.25, -0.2) is 0 Å². The van der Waals surface area contributed by atoms with E-state index in [0.29, 0.717) is 5.92 Å². The Balaban J connectivity index is 1.84. The second-order valence-corrected chi connectivity index (χ2v) is 6.86. The second-order valence-electron chi connectivity index (χ2n) is 6.86. The average Bonchev–Trinajstić information content (AvgIpc) is 2.87. The molecule has 2 heterocycles. The van der Waals surface area contributed by atoms with Crippen molar-refractivity contribution in [2.75, 3.05) is 40.8 Å². The van der Waals surface area contributed by atoms with Crippen molar-refractivity contribution in [3.63, 3.8) is 0 Å². The smallest absolute Gasteiger partial charge is 0.0735 e. The van der Waals surface area contributed by atoms with Gasteiger partial charge in [0.1, 0.15) is 0 Å². The van der Waals surface area contributed by atoms with Crippen LogP contribution in [0.5, 0.6) is 0 Å². The van der Waals surface area contributed by atoms with Crippen molar-refractivity contribution in [3.8, 4) is 0 Å². The van der Waals surface area contributed by atoms with Gasteiger partial charge in [-0.05, 0) is 66.1 Å². The number of likely N-dealkylation sites (tertiary alicyclic amines) is 1. The first kappa shape index (κ1) is 15.5. The molecular formula is C18H28N4. The van der Waals surface area contributed by atoms with Gasteiger partial charge in [-0.15, -0.1) is 0 Å². The van der Waals surface area contributed by atoms with Crippen LogP contribution in [0.1, 0.15) is 30.9 Å². The molecule has 1 saturated heterocycles. The van der Waals surface area contributed by atoms with Gasteiger partial charge in [0, 0.05) is 17.8 Å². The first-order valence-electron chi connectivity index (χ1n) is 8.44. The third-order valence-corrected chi connectivity index (χ3v) is 4.77. The topological polar surface area (TPSA) is 24.3 Å². The van der Waals surface area contributed by atoms with Crippen LogP contribution < -0.4 is 0 Å². The number of para-hydroxylation sites is 1. The molecule has 1 aromatic carbocycles. The molecule has 0 saturated carbocycles. The third-order valence-electron chi connectivity index (χ3n) is 4.77. The van der Waals surface area contributed by atoms with Gasteiger partial charge in [0.25, 0.3) is 0 Å². The lowest BCUT2D eigenvalue weighted by Crippen LogP contribution is -2.29. The van der Waals surface area contributed by atoms with E-state index in [1.54, 1.807) is 0 Å². The number of fused-ring (bicyclic) bond motifs is 1. The van der Waals surface area contributed by atoms with Crippen LogP contribution in [0.4, 0.5) is 0 Å². The molecule has 4 heteroatoms. The summed E-state index contributed by atoms with van der Waals surface area (Å²) in [5.41, 5.74) is 2.63. The van der Waals surface area contributed by atoms with E-state index in [1.807, 2.05) is 0 Å². The minimum Gasteiger partial charge on any atom is -0.309 e. The maximum atomic E-state index is 5.01. The van der Waals surface area contributed by atoms with Gasteiger partial charge in [0.05, 0.1) is 11.2 Å². The number of hydrogen-bond donors (Lipinski definition) is 0. The van der Waals surface area contributed by atoms with Crippen LogP contribution in [0.15, 0.2) is 24.3 Å². The Morgan fingerprint density at radius 1 is 1.18 bits per heavy atom. The maximum Gasteiger partial charge on any atom is 0.0735 e. The number of nitrogens with zero attached hydrogens (tertiary/aromatic N) is 4. The second kappa shape index (κ2) is 6.80. The van der Waals surface area contributed by atoms with Crippen LogP contribution in [0.2, 0.25) is 0 Å². The fourth-order valence-corrected chi connectivity index (χ4v) is 3.44. The van der Waals surface area contributed by atoms with Crippen molar-refractivity contribution in [3.05, 3.63) is 30.0 Å². The largest absolute Gasteiger partial charge is 0.309 e. The molecule has 0 amide bonds. The minimum absolute atomic E-state index is 0.621. The quantitative estimate of drug-likeness (QED) is 0.848. The highest BCUT2D eigenvalue weighted by Gasteiger charge is 2.23. The van der Waals surface area contributed by atoms with Crippen molar-refractivity contribution in [2.45, 2.75) is 31.7 Å². The van der Waals surface area contributed by atoms with Gasteiger partial charge in [-0.3, -0.25) is 4.68 Å². The van der Waals surface area contributed by atoms with Crippen molar-refractivity contribution in [1.82, 2.24) is 19.6 Å². The predicted octanol–water partition coefficient (Wildman–Crippen LogP) is 2.80. The highest BCUT2D eigenvalue weighted by Crippen LogP contribution is 2.32. The van der Waals surface area contributed by atoms with E-state index >= 15 is 0 Å². The van der Waals surface area contributed by atoms with Crippen LogP contribution in [-0.4, -0.2) is 60.4 Å². The molecule has 3 rings (SSSR count). The Morgan fingerprint density at radius 2 is 1.91 bits per heavy atom. The Kier molecular flexibility index (Phi) is 4.79. The summed E-state index contributed by atoms with van der Waals surface area (Å²) in [5.74, 6) is 0.621. The summed E-state index contributed by atoms with van der Waals surface area (Å²) >= 11 is 0. The maximum absolute atomic E-state index is 5.01. The molecule has 1 fully saturated rings. The lowest BCUT2D eigenvalue weighted by Gasteiger charge is -2.28. The van der Waals surface area contributed by atoms with Gasteiger partial charge in [-0.1, -0.05) is 18.2 Å². The lowest BCUT2D eigenvalue weighted by molar-refractivity contribution is 0.253. The van der Waals surface area contributed by atoms with E-state index in [4.69, 9.17) is 5.10 Å². The molecule has 1 aromatic heterocycles. The minimum atomic E-state index is 0.621. The molecule has 0 radical (unpaired) electrons. The SMILES string of the molecule is CN(C)CCCn1nc(C2CCN(C)CC2)c2ccccc21. The van der Waals surface area contributed by atoms with Gasteiger partial charge in [-0.2, -0.15) is 5.10 Å². The van der Waals surface area contributed by atoms with E-state index in [2.05, 4.69) is 59.9 Å². The van der Waals surface area contributed by atoms with Crippen LogP contribution in [0.25, 0.3) is 10.9 Å². The molecule has 4 nitrogen and oxygen atoms in total. The first-order chi connectivity index (χ1) is 10.6. The number of aryl methyl sites for hydroxylation is 1. The Hall–Kier alpha value is -1.39. The molecule has 0 N–H and O–H groups in total. The predicted molar refractivity (Wildman–Crippen MR) is 92.4 cm³/mol.